The second-order valence-electron chi connectivity index (χ2n) is 13.9. The van der Waals surface area contributed by atoms with Crippen LogP contribution >= 0.6 is 0 Å². The summed E-state index contributed by atoms with van der Waals surface area (Å²) >= 11 is 0. The second-order valence-corrected chi connectivity index (χ2v) is 13.9. The van der Waals surface area contributed by atoms with Gasteiger partial charge in [-0.2, -0.15) is 0 Å². The standard InChI is InChI=1S/C52H36/c1-2-14-35(15-3-1)38-18-13-21-42(34-38)51-46-24-8-10-26-48(46)52(49-27-11-9-25-47(49)51)50-31-30-43(44-22-6-7-23-45(44)50)41-20-12-19-39(33-41)40-29-28-36-16-4-5-17-37(36)32-40/h1-3,5-15,17-34H,4,16H2. The Bertz CT molecular complexity index is 2780. The van der Waals surface area contributed by atoms with Gasteiger partial charge < -0.3 is 0 Å². The summed E-state index contributed by atoms with van der Waals surface area (Å²) in [4.78, 5) is 0. The highest BCUT2D eigenvalue weighted by molar-refractivity contribution is 6.24. The molecule has 0 N–H and O–H groups in total. The molecule has 1 aliphatic rings. The Labute approximate surface area is 305 Å². The van der Waals surface area contributed by atoms with Crippen LogP contribution in [0.25, 0.3) is 94.0 Å². The fourth-order valence-electron chi connectivity index (χ4n) is 8.46. The average Bonchev–Trinajstić information content (AvgIpc) is 3.22. The van der Waals surface area contributed by atoms with Crippen LogP contribution in [0.5, 0.6) is 0 Å². The first-order chi connectivity index (χ1) is 25.8. The number of hydrogen-bond donors (Lipinski definition) is 0. The zero-order valence-electron chi connectivity index (χ0n) is 28.9. The lowest BCUT2D eigenvalue weighted by Gasteiger charge is -2.20. The number of hydrogen-bond acceptors (Lipinski definition) is 0. The molecule has 0 aliphatic heterocycles. The van der Waals surface area contributed by atoms with Gasteiger partial charge in [-0.1, -0.05) is 176 Å². The Kier molecular flexibility index (Phi) is 7.40. The molecule has 0 unspecified atom stereocenters. The van der Waals surface area contributed by atoms with Crippen molar-refractivity contribution in [1.29, 1.82) is 0 Å². The quantitative estimate of drug-likeness (QED) is 0.161. The van der Waals surface area contributed by atoms with Crippen molar-refractivity contribution >= 4 is 38.4 Å². The minimum absolute atomic E-state index is 1.12. The summed E-state index contributed by atoms with van der Waals surface area (Å²) in [5.74, 6) is 0. The van der Waals surface area contributed by atoms with E-state index in [0.29, 0.717) is 0 Å². The molecular weight excluding hydrogens is 625 g/mol. The molecule has 0 aromatic heterocycles. The van der Waals surface area contributed by atoms with Crippen molar-refractivity contribution in [2.45, 2.75) is 12.8 Å². The van der Waals surface area contributed by atoms with Crippen molar-refractivity contribution in [3.63, 3.8) is 0 Å². The Hall–Kier alpha value is -6.50. The van der Waals surface area contributed by atoms with E-state index in [-0.39, 0.29) is 0 Å². The molecule has 0 fully saturated rings. The Morgan fingerprint density at radius 2 is 0.808 bits per heavy atom. The van der Waals surface area contributed by atoms with Crippen LogP contribution in [-0.4, -0.2) is 0 Å². The van der Waals surface area contributed by atoms with Gasteiger partial charge in [0.1, 0.15) is 0 Å². The summed E-state index contributed by atoms with van der Waals surface area (Å²) in [5, 5.41) is 7.59. The van der Waals surface area contributed by atoms with Crippen molar-refractivity contribution in [2.75, 3.05) is 0 Å². The predicted molar refractivity (Wildman–Crippen MR) is 223 cm³/mol. The number of allylic oxidation sites excluding steroid dienone is 1. The van der Waals surface area contributed by atoms with E-state index in [1.54, 1.807) is 0 Å². The molecule has 9 aromatic rings. The topological polar surface area (TPSA) is 0 Å². The van der Waals surface area contributed by atoms with Crippen LogP contribution in [0.3, 0.4) is 0 Å². The van der Waals surface area contributed by atoms with Crippen LogP contribution in [0.15, 0.2) is 188 Å². The molecule has 0 bridgehead atoms. The number of benzene rings is 9. The van der Waals surface area contributed by atoms with Gasteiger partial charge in [-0.3, -0.25) is 0 Å². The molecule has 0 saturated carbocycles. The van der Waals surface area contributed by atoms with Crippen molar-refractivity contribution in [3.8, 4) is 55.6 Å². The van der Waals surface area contributed by atoms with E-state index < -0.39 is 0 Å². The molecule has 0 saturated heterocycles. The van der Waals surface area contributed by atoms with Crippen molar-refractivity contribution in [2.24, 2.45) is 0 Å². The predicted octanol–water partition coefficient (Wildman–Crippen LogP) is 14.4. The van der Waals surface area contributed by atoms with Gasteiger partial charge >= 0.3 is 0 Å². The Morgan fingerprint density at radius 3 is 1.52 bits per heavy atom. The van der Waals surface area contributed by atoms with Gasteiger partial charge in [0.15, 0.2) is 0 Å². The first-order valence-electron chi connectivity index (χ1n) is 18.3. The molecule has 0 atom stereocenters. The van der Waals surface area contributed by atoms with Crippen LogP contribution in [0.2, 0.25) is 0 Å². The van der Waals surface area contributed by atoms with Gasteiger partial charge in [0.2, 0.25) is 0 Å². The lowest BCUT2D eigenvalue weighted by Crippen LogP contribution is -1.94. The molecule has 0 nitrogen and oxygen atoms in total. The fourth-order valence-corrected chi connectivity index (χ4v) is 8.46. The van der Waals surface area contributed by atoms with Crippen LogP contribution in [-0.2, 0) is 6.42 Å². The lowest BCUT2D eigenvalue weighted by molar-refractivity contribution is 0.986. The molecule has 0 heteroatoms. The van der Waals surface area contributed by atoms with Gasteiger partial charge in [-0.15, -0.1) is 0 Å². The smallest absolute Gasteiger partial charge is 0.00201 e. The number of fused-ring (bicyclic) bond motifs is 4. The molecule has 10 rings (SSSR count). The third kappa shape index (κ3) is 5.15. The van der Waals surface area contributed by atoms with Crippen LogP contribution in [0.4, 0.5) is 0 Å². The highest BCUT2D eigenvalue weighted by Crippen LogP contribution is 2.47. The van der Waals surface area contributed by atoms with Crippen LogP contribution in [0, 0.1) is 0 Å². The van der Waals surface area contributed by atoms with Crippen molar-refractivity contribution < 1.29 is 0 Å². The van der Waals surface area contributed by atoms with E-state index in [0.717, 1.165) is 12.8 Å². The Morgan fingerprint density at radius 1 is 0.308 bits per heavy atom. The maximum Gasteiger partial charge on any atom is -0.00201 e. The summed E-state index contributed by atoms with van der Waals surface area (Å²) in [6, 6.07) is 67.3. The van der Waals surface area contributed by atoms with Gasteiger partial charge in [0.05, 0.1) is 0 Å². The van der Waals surface area contributed by atoms with Gasteiger partial charge in [-0.25, -0.2) is 0 Å². The molecular formula is C52H36. The van der Waals surface area contributed by atoms with Gasteiger partial charge in [0, 0.05) is 0 Å². The normalized spacial score (nSPS) is 12.4. The van der Waals surface area contributed by atoms with E-state index in [2.05, 4.69) is 194 Å². The monoisotopic (exact) mass is 660 g/mol. The summed E-state index contributed by atoms with van der Waals surface area (Å²) in [5.41, 5.74) is 15.3. The van der Waals surface area contributed by atoms with E-state index >= 15 is 0 Å². The maximum atomic E-state index is 2.36. The van der Waals surface area contributed by atoms with Gasteiger partial charge in [-0.05, 0) is 130 Å². The molecule has 0 radical (unpaired) electrons. The highest BCUT2D eigenvalue weighted by atomic mass is 14.2. The zero-order valence-corrected chi connectivity index (χ0v) is 28.9. The molecule has 244 valence electrons. The molecule has 0 heterocycles. The summed E-state index contributed by atoms with van der Waals surface area (Å²) in [6.07, 6.45) is 6.82. The largest absolute Gasteiger partial charge is 0.0836 e. The summed E-state index contributed by atoms with van der Waals surface area (Å²) in [6.45, 7) is 0. The number of aryl methyl sites for hydroxylation is 1. The SMILES string of the molecule is C1=Cc2cc(-c3cccc(-c4ccc(-c5c6ccccc6c(-c6cccc(-c7ccccc7)c6)c6ccccc56)c5ccccc45)c3)ccc2CC1. The maximum absolute atomic E-state index is 2.36. The van der Waals surface area contributed by atoms with E-state index in [1.165, 1.54) is 99.1 Å². The first kappa shape index (κ1) is 30.3. The van der Waals surface area contributed by atoms with Gasteiger partial charge in [0.25, 0.3) is 0 Å². The highest BCUT2D eigenvalue weighted by Gasteiger charge is 2.19. The minimum Gasteiger partial charge on any atom is -0.0836 e. The second kappa shape index (κ2) is 12.7. The van der Waals surface area contributed by atoms with E-state index in [1.807, 2.05) is 0 Å². The summed E-state index contributed by atoms with van der Waals surface area (Å²) < 4.78 is 0. The summed E-state index contributed by atoms with van der Waals surface area (Å²) in [7, 11) is 0. The Balaban J connectivity index is 1.16. The average molecular weight is 661 g/mol. The molecule has 1 aliphatic carbocycles. The number of rotatable bonds is 5. The fraction of sp³-hybridized carbons (Fsp3) is 0.0385. The van der Waals surface area contributed by atoms with Crippen LogP contribution < -0.4 is 0 Å². The van der Waals surface area contributed by atoms with E-state index in [9.17, 15) is 0 Å². The van der Waals surface area contributed by atoms with Crippen molar-refractivity contribution in [3.05, 3.63) is 199 Å². The minimum atomic E-state index is 1.12. The third-order valence-corrected chi connectivity index (χ3v) is 10.9. The first-order valence-corrected chi connectivity index (χ1v) is 18.3. The third-order valence-electron chi connectivity index (χ3n) is 10.9. The van der Waals surface area contributed by atoms with Crippen LogP contribution in [0.1, 0.15) is 17.5 Å². The molecule has 0 amide bonds. The molecule has 52 heavy (non-hydrogen) atoms. The van der Waals surface area contributed by atoms with E-state index in [4.69, 9.17) is 0 Å². The molecule has 9 aromatic carbocycles. The lowest BCUT2D eigenvalue weighted by atomic mass is 9.83. The van der Waals surface area contributed by atoms with Crippen molar-refractivity contribution in [1.82, 2.24) is 0 Å². The zero-order chi connectivity index (χ0) is 34.4. The molecule has 0 spiro atoms.